The maximum atomic E-state index is 11.3. The maximum absolute atomic E-state index is 11.3. The van der Waals surface area contributed by atoms with Crippen LogP contribution in [0.5, 0.6) is 0 Å². The van der Waals surface area contributed by atoms with E-state index in [1.807, 2.05) is 23.6 Å². The van der Waals surface area contributed by atoms with Gasteiger partial charge in [0.2, 0.25) is 0 Å². The first kappa shape index (κ1) is 12.9. The molecule has 0 aliphatic carbocycles. The van der Waals surface area contributed by atoms with Gasteiger partial charge in [0.1, 0.15) is 11.3 Å². The number of aromatic nitrogens is 2. The highest BCUT2D eigenvalue weighted by Crippen LogP contribution is 2.24. The van der Waals surface area contributed by atoms with Gasteiger partial charge >= 0.3 is 5.97 Å². The molecule has 3 rings (SSSR count). The van der Waals surface area contributed by atoms with Crippen molar-refractivity contribution in [1.82, 2.24) is 9.55 Å². The van der Waals surface area contributed by atoms with E-state index in [9.17, 15) is 9.90 Å². The summed E-state index contributed by atoms with van der Waals surface area (Å²) in [5, 5.41) is 18.2. The molecule has 102 valence electrons. The Balaban J connectivity index is 2.33. The Morgan fingerprint density at radius 3 is 2.76 bits per heavy atom. The fourth-order valence-electron chi connectivity index (χ4n) is 2.43. The largest absolute Gasteiger partial charge is 0.478 e. The minimum atomic E-state index is -1.00. The summed E-state index contributed by atoms with van der Waals surface area (Å²) >= 11 is 0. The summed E-state index contributed by atoms with van der Waals surface area (Å²) in [6, 6.07) is 14.3. The first-order valence-corrected chi connectivity index (χ1v) is 6.33. The van der Waals surface area contributed by atoms with Crippen LogP contribution >= 0.6 is 0 Å². The maximum Gasteiger partial charge on any atom is 0.337 e. The van der Waals surface area contributed by atoms with E-state index in [1.165, 1.54) is 6.07 Å². The molecule has 0 radical (unpaired) electrons. The normalized spacial score (nSPS) is 10.5. The average molecular weight is 277 g/mol. The molecule has 1 heterocycles. The van der Waals surface area contributed by atoms with Gasteiger partial charge in [-0.1, -0.05) is 12.1 Å². The molecule has 5 nitrogen and oxygen atoms in total. The van der Waals surface area contributed by atoms with Gasteiger partial charge in [0.05, 0.1) is 22.7 Å². The lowest BCUT2D eigenvalue weighted by Crippen LogP contribution is -1.98. The van der Waals surface area contributed by atoms with Crippen molar-refractivity contribution in [2.24, 2.45) is 0 Å². The minimum absolute atomic E-state index is 0.172. The number of carboxylic acid groups (broad SMARTS) is 1. The third-order valence-corrected chi connectivity index (χ3v) is 3.32. The first-order chi connectivity index (χ1) is 10.1. The van der Waals surface area contributed by atoms with Crippen LogP contribution in [0.15, 0.2) is 42.5 Å². The summed E-state index contributed by atoms with van der Waals surface area (Å²) in [6.45, 7) is 1.81. The Bertz CT molecular complexity index is 904. The van der Waals surface area contributed by atoms with Gasteiger partial charge in [-0.2, -0.15) is 5.26 Å². The number of nitriles is 1. The van der Waals surface area contributed by atoms with Crippen LogP contribution in [0, 0.1) is 18.3 Å². The van der Waals surface area contributed by atoms with Gasteiger partial charge < -0.3 is 5.11 Å². The predicted molar refractivity (Wildman–Crippen MR) is 77.5 cm³/mol. The lowest BCUT2D eigenvalue weighted by atomic mass is 10.1. The second-order valence-corrected chi connectivity index (χ2v) is 4.64. The molecule has 0 aliphatic heterocycles. The average Bonchev–Trinajstić information content (AvgIpc) is 2.82. The molecule has 0 saturated heterocycles. The van der Waals surface area contributed by atoms with Crippen molar-refractivity contribution in [2.45, 2.75) is 6.92 Å². The van der Waals surface area contributed by atoms with Crippen molar-refractivity contribution in [2.75, 3.05) is 0 Å². The molecule has 0 fully saturated rings. The number of imidazole rings is 1. The second kappa shape index (κ2) is 4.76. The van der Waals surface area contributed by atoms with Gasteiger partial charge in [-0.15, -0.1) is 0 Å². The summed E-state index contributed by atoms with van der Waals surface area (Å²) in [6.07, 6.45) is 0. The molecular formula is C16H11N3O2. The molecule has 5 heteroatoms. The highest BCUT2D eigenvalue weighted by molar-refractivity contribution is 6.01. The van der Waals surface area contributed by atoms with Crippen LogP contribution in [-0.2, 0) is 0 Å². The van der Waals surface area contributed by atoms with E-state index in [0.29, 0.717) is 22.4 Å². The third-order valence-electron chi connectivity index (χ3n) is 3.32. The van der Waals surface area contributed by atoms with E-state index in [2.05, 4.69) is 11.1 Å². The SMILES string of the molecule is Cc1nc2c(C(=O)O)cccc2n1-c1cccc(C#N)c1. The number of fused-ring (bicyclic) bond motifs is 1. The van der Waals surface area contributed by atoms with Crippen molar-refractivity contribution >= 4 is 17.0 Å². The van der Waals surface area contributed by atoms with E-state index in [4.69, 9.17) is 5.26 Å². The van der Waals surface area contributed by atoms with Crippen molar-refractivity contribution < 1.29 is 9.90 Å². The van der Waals surface area contributed by atoms with Crippen molar-refractivity contribution in [3.05, 3.63) is 59.4 Å². The Hall–Kier alpha value is -3.13. The lowest BCUT2D eigenvalue weighted by Gasteiger charge is -2.07. The summed E-state index contributed by atoms with van der Waals surface area (Å²) < 4.78 is 1.85. The molecule has 0 aliphatic rings. The summed E-state index contributed by atoms with van der Waals surface area (Å²) in [5.74, 6) is -0.329. The van der Waals surface area contributed by atoms with Gasteiger partial charge in [0, 0.05) is 5.69 Å². The number of para-hydroxylation sites is 1. The molecule has 3 aromatic rings. The fraction of sp³-hybridized carbons (Fsp3) is 0.0625. The number of benzene rings is 2. The quantitative estimate of drug-likeness (QED) is 0.781. The molecule has 0 unspecified atom stereocenters. The number of hydrogen-bond acceptors (Lipinski definition) is 3. The molecule has 0 atom stereocenters. The smallest absolute Gasteiger partial charge is 0.337 e. The van der Waals surface area contributed by atoms with Crippen LogP contribution in [0.3, 0.4) is 0 Å². The zero-order valence-corrected chi connectivity index (χ0v) is 11.2. The van der Waals surface area contributed by atoms with Crippen LogP contribution in [0.4, 0.5) is 0 Å². The Morgan fingerprint density at radius 2 is 2.05 bits per heavy atom. The zero-order valence-electron chi connectivity index (χ0n) is 11.2. The van der Waals surface area contributed by atoms with Gasteiger partial charge in [0.25, 0.3) is 0 Å². The second-order valence-electron chi connectivity index (χ2n) is 4.64. The predicted octanol–water partition coefficient (Wildman–Crippen LogP) is 2.90. The van der Waals surface area contributed by atoms with Crippen molar-refractivity contribution in [3.63, 3.8) is 0 Å². The van der Waals surface area contributed by atoms with Gasteiger partial charge in [-0.25, -0.2) is 9.78 Å². The number of nitrogens with zero attached hydrogens (tertiary/aromatic N) is 3. The standard InChI is InChI=1S/C16H11N3O2/c1-10-18-15-13(16(20)21)6-3-7-14(15)19(10)12-5-2-4-11(8-12)9-17/h2-8H,1H3,(H,20,21). The molecule has 21 heavy (non-hydrogen) atoms. The van der Waals surface area contributed by atoms with Crippen LogP contribution in [0.1, 0.15) is 21.7 Å². The molecule has 0 bridgehead atoms. The molecule has 1 N–H and O–H groups in total. The number of hydrogen-bond donors (Lipinski definition) is 1. The van der Waals surface area contributed by atoms with Crippen LogP contribution in [0.2, 0.25) is 0 Å². The fourth-order valence-corrected chi connectivity index (χ4v) is 2.43. The van der Waals surface area contributed by atoms with E-state index < -0.39 is 5.97 Å². The highest BCUT2D eigenvalue weighted by atomic mass is 16.4. The minimum Gasteiger partial charge on any atom is -0.478 e. The Morgan fingerprint density at radius 1 is 1.29 bits per heavy atom. The van der Waals surface area contributed by atoms with E-state index in [0.717, 1.165) is 5.69 Å². The van der Waals surface area contributed by atoms with Crippen LogP contribution in [-0.4, -0.2) is 20.6 Å². The van der Waals surface area contributed by atoms with Crippen LogP contribution in [0.25, 0.3) is 16.7 Å². The first-order valence-electron chi connectivity index (χ1n) is 6.33. The lowest BCUT2D eigenvalue weighted by molar-refractivity contribution is 0.0699. The summed E-state index contributed by atoms with van der Waals surface area (Å²) in [5.41, 5.74) is 2.66. The molecule has 0 saturated carbocycles. The van der Waals surface area contributed by atoms with E-state index in [-0.39, 0.29) is 5.56 Å². The monoisotopic (exact) mass is 277 g/mol. The summed E-state index contributed by atoms with van der Waals surface area (Å²) in [7, 11) is 0. The molecule has 2 aromatic carbocycles. The molecule has 1 aromatic heterocycles. The highest BCUT2D eigenvalue weighted by Gasteiger charge is 2.15. The molecule has 0 spiro atoms. The number of carboxylic acids is 1. The molecule has 0 amide bonds. The number of rotatable bonds is 2. The third kappa shape index (κ3) is 2.03. The Labute approximate surface area is 120 Å². The molecular weight excluding hydrogens is 266 g/mol. The van der Waals surface area contributed by atoms with Crippen molar-refractivity contribution in [1.29, 1.82) is 5.26 Å². The van der Waals surface area contributed by atoms with Gasteiger partial charge in [0.15, 0.2) is 0 Å². The number of aryl methyl sites for hydroxylation is 1. The van der Waals surface area contributed by atoms with E-state index in [1.54, 1.807) is 24.3 Å². The zero-order chi connectivity index (χ0) is 15.0. The number of aromatic carboxylic acids is 1. The van der Waals surface area contributed by atoms with Crippen molar-refractivity contribution in [3.8, 4) is 11.8 Å². The van der Waals surface area contributed by atoms with Gasteiger partial charge in [-0.05, 0) is 37.3 Å². The van der Waals surface area contributed by atoms with Crippen LogP contribution < -0.4 is 0 Å². The summed E-state index contributed by atoms with van der Waals surface area (Å²) in [4.78, 5) is 15.6. The van der Waals surface area contributed by atoms with E-state index >= 15 is 0 Å². The topological polar surface area (TPSA) is 78.9 Å². The van der Waals surface area contributed by atoms with Gasteiger partial charge in [-0.3, -0.25) is 4.57 Å². The Kier molecular flexibility index (Phi) is 2.92. The number of carbonyl (C=O) groups is 1.